The summed E-state index contributed by atoms with van der Waals surface area (Å²) in [6.07, 6.45) is 20.8. The van der Waals surface area contributed by atoms with Crippen molar-refractivity contribution in [1.82, 2.24) is 32.8 Å². The van der Waals surface area contributed by atoms with E-state index in [0.717, 1.165) is 28.6 Å². The van der Waals surface area contributed by atoms with Crippen LogP contribution >= 0.6 is 0 Å². The Balaban J connectivity index is 0.0000000928. The molecule has 0 amide bonds. The lowest BCUT2D eigenvalue weighted by molar-refractivity contribution is -1.02. The molecule has 4 unspecified atom stereocenters. The summed E-state index contributed by atoms with van der Waals surface area (Å²) in [5.41, 5.74) is 43.2. The Morgan fingerprint density at radius 1 is 0.321 bits per heavy atom. The van der Waals surface area contributed by atoms with Crippen molar-refractivity contribution in [2.24, 2.45) is 0 Å². The summed E-state index contributed by atoms with van der Waals surface area (Å²) >= 11 is 0. The van der Waals surface area contributed by atoms with Gasteiger partial charge in [-0.2, -0.15) is 0 Å². The Labute approximate surface area is 752 Å². The molecule has 22 aromatic rings. The SMILES string of the molecule is CN1C=CN2c3ccc4c5ccccc5n5c4c3C3(c4c-5cccc4-n4cc(-c5ccc(-c6ccccc6)cc5)c[n+]43)C12.Cc1cc(C)[n+]2n1-c1ccc3c4ccccc4n4c3c1C21c2c-4cccc2-n2cc(-c3ccc(-c4ccccc4)cc3)c[n+]21.c1ccc(-c2ccc(-c3cn4[n+](c3)C35c6c(cccc6N6c7ccccc7Oc7ccc-4c3c76)-c3cccc[n+]35)cc2)cc1. The molecule has 0 saturated carbocycles. The van der Waals surface area contributed by atoms with Crippen LogP contribution in [0.4, 0.5) is 22.7 Å². The zero-order valence-corrected chi connectivity index (χ0v) is 71.4. The minimum atomic E-state index is -0.600. The van der Waals surface area contributed by atoms with Crippen LogP contribution < -0.4 is 37.8 Å². The number of ether oxygens (including phenoxy) is 1. The van der Waals surface area contributed by atoms with E-state index in [4.69, 9.17) is 4.74 Å². The number of nitrogens with zero attached hydrogens (tertiary/aromatic N) is 14. The van der Waals surface area contributed by atoms with Crippen LogP contribution in [0.3, 0.4) is 0 Å². The monoisotopic (exact) mass is 1680 g/mol. The largest absolute Gasteiger partial charge is 0.466 e. The highest BCUT2D eigenvalue weighted by Crippen LogP contribution is 2.66. The third-order valence-corrected chi connectivity index (χ3v) is 30.3. The number of hydrogen-bond acceptors (Lipinski definition) is 4. The van der Waals surface area contributed by atoms with Crippen LogP contribution in [0.2, 0.25) is 0 Å². The molecular formula is C116H77N14O+5. The van der Waals surface area contributed by atoms with E-state index >= 15 is 0 Å². The minimum Gasteiger partial charge on any atom is -0.453 e. The Bertz CT molecular complexity index is 8950. The van der Waals surface area contributed by atoms with Gasteiger partial charge in [-0.25, -0.2) is 0 Å². The van der Waals surface area contributed by atoms with Gasteiger partial charge >= 0.3 is 11.3 Å². The number of likely N-dealkylation sites (N-methyl/N-ethyl adjacent to an activating group) is 1. The van der Waals surface area contributed by atoms with Crippen LogP contribution in [0.5, 0.6) is 11.5 Å². The van der Waals surface area contributed by atoms with E-state index in [1.165, 1.54) is 206 Å². The van der Waals surface area contributed by atoms with Crippen molar-refractivity contribution in [3.8, 4) is 124 Å². The van der Waals surface area contributed by atoms with Gasteiger partial charge in [-0.3, -0.25) is 0 Å². The van der Waals surface area contributed by atoms with Gasteiger partial charge < -0.3 is 28.6 Å². The predicted molar refractivity (Wildman–Crippen MR) is 511 cm³/mol. The molecule has 0 bridgehead atoms. The van der Waals surface area contributed by atoms with E-state index in [2.05, 4.69) is 488 Å². The smallest absolute Gasteiger partial charge is 0.453 e. The summed E-state index contributed by atoms with van der Waals surface area (Å²) in [4.78, 5) is 7.31. The van der Waals surface area contributed by atoms with Crippen LogP contribution in [0.25, 0.3) is 156 Å². The predicted octanol–water partition coefficient (Wildman–Crippen LogP) is 22.2. The highest BCUT2D eigenvalue weighted by atomic mass is 16.5. The lowest BCUT2D eigenvalue weighted by Gasteiger charge is -2.38. The number of pyridine rings is 1. The first kappa shape index (κ1) is 70.0. The van der Waals surface area contributed by atoms with Gasteiger partial charge in [0.25, 0.3) is 5.54 Å². The van der Waals surface area contributed by atoms with Gasteiger partial charge in [0.15, 0.2) is 40.6 Å². The number of fused-ring (bicyclic) bond motifs is 23. The second kappa shape index (κ2) is 24.5. The summed E-state index contributed by atoms with van der Waals surface area (Å²) in [7, 11) is 2.22. The maximum Gasteiger partial charge on any atom is 0.466 e. The summed E-state index contributed by atoms with van der Waals surface area (Å²) in [5, 5.41) is 5.23. The van der Waals surface area contributed by atoms with Crippen LogP contribution in [0, 0.1) is 13.8 Å². The Morgan fingerprint density at radius 2 is 0.786 bits per heavy atom. The Morgan fingerprint density at radius 3 is 1.40 bits per heavy atom. The molecule has 4 atom stereocenters. The fourth-order valence-electron chi connectivity index (χ4n) is 25.4. The maximum absolute atomic E-state index is 6.61. The Kier molecular flexibility index (Phi) is 13.1. The van der Waals surface area contributed by atoms with E-state index in [9.17, 15) is 0 Å². The lowest BCUT2D eigenvalue weighted by Crippen LogP contribution is -2.75. The zero-order valence-electron chi connectivity index (χ0n) is 71.4. The molecule has 0 aliphatic carbocycles. The Hall–Kier alpha value is -17.2. The third kappa shape index (κ3) is 8.37. The number of benzene rings is 15. The van der Waals surface area contributed by atoms with Gasteiger partial charge in [-0.15, -0.1) is 23.3 Å². The average molecular weight is 1680 g/mol. The molecule has 15 aromatic carbocycles. The fourth-order valence-corrected chi connectivity index (χ4v) is 25.4. The average Bonchev–Trinajstić information content (AvgIpc) is 1.47. The number of hydrogen-bond donors (Lipinski definition) is 0. The van der Waals surface area contributed by atoms with Gasteiger partial charge in [-0.1, -0.05) is 241 Å². The minimum absolute atomic E-state index is 0.0919. The lowest BCUT2D eigenvalue weighted by atomic mass is 9.78. The molecule has 7 aromatic heterocycles. The van der Waals surface area contributed by atoms with Gasteiger partial charge in [0, 0.05) is 66.1 Å². The molecule has 3 spiro atoms. The first-order valence-electron chi connectivity index (χ1n) is 45.3. The normalized spacial score (nSPS) is 17.7. The van der Waals surface area contributed by atoms with Crippen LogP contribution in [0.15, 0.2) is 408 Å². The number of aryl methyl sites for hydroxylation is 2. The first-order valence-corrected chi connectivity index (χ1v) is 45.3. The molecule has 0 radical (unpaired) electrons. The number of aromatic nitrogens is 11. The van der Waals surface area contributed by atoms with Crippen LogP contribution in [-0.2, 0) is 16.9 Å². The van der Waals surface area contributed by atoms with E-state index in [0.29, 0.717) is 0 Å². The molecule has 0 saturated heterocycles. The highest BCUT2D eigenvalue weighted by Gasteiger charge is 2.76. The van der Waals surface area contributed by atoms with E-state index in [1.807, 2.05) is 6.07 Å². The molecule has 0 fully saturated rings. The molecule has 11 aliphatic heterocycles. The van der Waals surface area contributed by atoms with Crippen molar-refractivity contribution in [2.45, 2.75) is 36.9 Å². The molecule has 15 nitrogen and oxygen atoms in total. The number of anilines is 4. The second-order valence-electron chi connectivity index (χ2n) is 36.6. The van der Waals surface area contributed by atoms with Crippen LogP contribution in [-0.4, -0.2) is 46.0 Å². The number of rotatable bonds is 6. The van der Waals surface area contributed by atoms with Gasteiger partial charge in [0.05, 0.1) is 108 Å². The van der Waals surface area contributed by atoms with E-state index in [1.54, 1.807) is 0 Å². The van der Waals surface area contributed by atoms with Gasteiger partial charge in [0.2, 0.25) is 30.0 Å². The van der Waals surface area contributed by atoms with E-state index < -0.39 is 16.9 Å². The molecule has 15 heteroatoms. The quantitative estimate of drug-likeness (QED) is 0.156. The highest BCUT2D eigenvalue weighted by molar-refractivity contribution is 6.15. The third-order valence-electron chi connectivity index (χ3n) is 30.3. The molecular weight excluding hydrogens is 1610 g/mol. The van der Waals surface area contributed by atoms with Crippen molar-refractivity contribution in [1.29, 1.82) is 0 Å². The molecule has 18 heterocycles. The zero-order chi connectivity index (χ0) is 85.5. The molecule has 0 N–H and O–H groups in total. The first-order chi connectivity index (χ1) is 64.7. The summed E-state index contributed by atoms with van der Waals surface area (Å²) in [6.45, 7) is 4.48. The summed E-state index contributed by atoms with van der Waals surface area (Å²) < 4.78 is 33.7. The van der Waals surface area contributed by atoms with Crippen LogP contribution in [0.1, 0.15) is 44.8 Å². The summed E-state index contributed by atoms with van der Waals surface area (Å²) in [5.74, 6) is 1.76. The van der Waals surface area contributed by atoms with Crippen molar-refractivity contribution in [3.63, 3.8) is 0 Å². The molecule has 131 heavy (non-hydrogen) atoms. The van der Waals surface area contributed by atoms with Crippen molar-refractivity contribution in [3.05, 3.63) is 452 Å². The van der Waals surface area contributed by atoms with E-state index in [-0.39, 0.29) is 6.17 Å². The fraction of sp³-hybridized carbons (Fsp3) is 0.0603. The van der Waals surface area contributed by atoms with Gasteiger partial charge in [-0.05, 0) is 168 Å². The van der Waals surface area contributed by atoms with Crippen molar-refractivity contribution >= 4 is 66.4 Å². The topological polar surface area (TPSA) is 67.9 Å². The molecule has 33 rings (SSSR count). The second-order valence-corrected chi connectivity index (χ2v) is 36.6. The summed E-state index contributed by atoms with van der Waals surface area (Å²) in [6, 6.07) is 128. The van der Waals surface area contributed by atoms with Crippen molar-refractivity contribution < 1.29 is 28.0 Å². The van der Waals surface area contributed by atoms with Crippen molar-refractivity contribution in [2.75, 3.05) is 16.8 Å². The molecule has 11 aliphatic rings. The molecule has 612 valence electrons. The number of para-hydroxylation sites is 4. The van der Waals surface area contributed by atoms with Gasteiger partial charge in [0.1, 0.15) is 34.0 Å². The standard InChI is InChI=1S/C39H27N5.C39H24N4O.C38H26N5/c1-24-21-25(2)44-39-36-33(40-22-29(23-41(39)40)28-17-15-27(16-18-28)26-9-4-3-5-10-26)13-8-14-34(36)42-32-12-7-6-11-30(32)31-19-20-35(43(24)44)37(39)38(31)42;1-2-9-25(10-3-1)26-16-18-27(19-17-26)28-23-41-32-20-21-35-38-37(32)39(42(41)24-28)36-29(30-12-6-7-22-40(30)39)11-8-14-33(36)43(38)31-13-4-5-15-34(31)44-35;1-39-20-21-40-31-19-18-29-28-10-5-6-11-30(28)43-33-13-7-12-32-34(33)38(37(39)40,35(31)36(29)43)42-23-27(22-41(32)42)26-16-14-25(15-17-26)24-8-3-2-4-9-24/h3-23H,1-2H3;1-24H;2-23,37H,1H3/q2*+2;+1. The maximum atomic E-state index is 6.61.